The second kappa shape index (κ2) is 7.26. The zero-order chi connectivity index (χ0) is 15.2. The predicted octanol–water partition coefficient (Wildman–Crippen LogP) is 1.95. The number of halogens is 3. The van der Waals surface area contributed by atoms with Gasteiger partial charge in [-0.25, -0.2) is 0 Å². The van der Waals surface area contributed by atoms with E-state index in [1.807, 2.05) is 0 Å². The molecule has 118 valence electrons. The second-order valence-corrected chi connectivity index (χ2v) is 5.24. The Labute approximate surface area is 117 Å². The lowest BCUT2D eigenvalue weighted by atomic mass is 9.90. The molecule has 0 bridgehead atoms. The standard InChI is InChI=1S/C13H23F3N2O2/c1-3-7-18-8-4-5-12(6-9-18,11(19)20-2)17-10-13(14,15)16/h17H,3-10H2,1-2H3. The van der Waals surface area contributed by atoms with Gasteiger partial charge in [-0.15, -0.1) is 0 Å². The minimum Gasteiger partial charge on any atom is -0.468 e. The van der Waals surface area contributed by atoms with Crippen molar-refractivity contribution in [2.24, 2.45) is 0 Å². The second-order valence-electron chi connectivity index (χ2n) is 5.24. The van der Waals surface area contributed by atoms with Crippen LogP contribution < -0.4 is 5.32 Å². The maximum atomic E-state index is 12.4. The topological polar surface area (TPSA) is 41.6 Å². The van der Waals surface area contributed by atoms with Crippen LogP contribution in [-0.2, 0) is 9.53 Å². The van der Waals surface area contributed by atoms with E-state index in [0.29, 0.717) is 25.8 Å². The first-order valence-corrected chi connectivity index (χ1v) is 6.95. The number of methoxy groups -OCH3 is 1. The Morgan fingerprint density at radius 1 is 1.35 bits per heavy atom. The summed E-state index contributed by atoms with van der Waals surface area (Å²) in [5.74, 6) is -0.597. The van der Waals surface area contributed by atoms with E-state index in [2.05, 4.69) is 17.1 Å². The Morgan fingerprint density at radius 2 is 2.05 bits per heavy atom. The van der Waals surface area contributed by atoms with Crippen LogP contribution in [0.25, 0.3) is 0 Å². The molecular weight excluding hydrogens is 273 g/mol. The lowest BCUT2D eigenvalue weighted by Gasteiger charge is -2.31. The number of nitrogens with zero attached hydrogens (tertiary/aromatic N) is 1. The molecule has 1 heterocycles. The van der Waals surface area contributed by atoms with Crippen LogP contribution >= 0.6 is 0 Å². The number of ether oxygens (including phenoxy) is 1. The van der Waals surface area contributed by atoms with Crippen LogP contribution in [-0.4, -0.2) is 55.9 Å². The van der Waals surface area contributed by atoms with E-state index < -0.39 is 24.2 Å². The molecule has 1 saturated heterocycles. The fourth-order valence-electron chi connectivity index (χ4n) is 2.65. The zero-order valence-electron chi connectivity index (χ0n) is 12.1. The van der Waals surface area contributed by atoms with Crippen LogP contribution in [0.15, 0.2) is 0 Å². The molecule has 0 spiro atoms. The molecule has 0 amide bonds. The number of likely N-dealkylation sites (tertiary alicyclic amines) is 1. The molecule has 4 nitrogen and oxygen atoms in total. The normalized spacial score (nSPS) is 25.2. The van der Waals surface area contributed by atoms with E-state index in [9.17, 15) is 18.0 Å². The summed E-state index contributed by atoms with van der Waals surface area (Å²) < 4.78 is 42.0. The highest BCUT2D eigenvalue weighted by molar-refractivity contribution is 5.80. The predicted molar refractivity (Wildman–Crippen MR) is 69.4 cm³/mol. The lowest BCUT2D eigenvalue weighted by molar-refractivity contribution is -0.154. The number of alkyl halides is 3. The van der Waals surface area contributed by atoms with Crippen molar-refractivity contribution in [3.8, 4) is 0 Å². The molecule has 1 aliphatic rings. The summed E-state index contributed by atoms with van der Waals surface area (Å²) in [6.07, 6.45) is -1.96. The minimum absolute atomic E-state index is 0.343. The van der Waals surface area contributed by atoms with E-state index in [1.54, 1.807) is 0 Å². The van der Waals surface area contributed by atoms with Gasteiger partial charge in [-0.05, 0) is 38.8 Å². The molecule has 0 aliphatic carbocycles. The SMILES string of the molecule is CCCN1CCCC(NCC(F)(F)F)(C(=O)OC)CC1. The summed E-state index contributed by atoms with van der Waals surface area (Å²) in [4.78, 5) is 14.1. The number of carbonyl (C=O) groups is 1. The van der Waals surface area contributed by atoms with Crippen molar-refractivity contribution < 1.29 is 22.7 Å². The van der Waals surface area contributed by atoms with Gasteiger partial charge in [0.25, 0.3) is 0 Å². The Kier molecular flexibility index (Phi) is 6.26. The van der Waals surface area contributed by atoms with E-state index >= 15 is 0 Å². The average molecular weight is 296 g/mol. The van der Waals surface area contributed by atoms with Crippen molar-refractivity contribution in [1.29, 1.82) is 0 Å². The van der Waals surface area contributed by atoms with Crippen molar-refractivity contribution in [3.63, 3.8) is 0 Å². The molecule has 0 aromatic heterocycles. The van der Waals surface area contributed by atoms with Crippen LogP contribution in [0.1, 0.15) is 32.6 Å². The van der Waals surface area contributed by atoms with E-state index in [1.165, 1.54) is 7.11 Å². The van der Waals surface area contributed by atoms with Gasteiger partial charge in [0.1, 0.15) is 5.54 Å². The quantitative estimate of drug-likeness (QED) is 0.787. The lowest BCUT2D eigenvalue weighted by Crippen LogP contribution is -2.55. The van der Waals surface area contributed by atoms with Crippen LogP contribution in [0.5, 0.6) is 0 Å². The van der Waals surface area contributed by atoms with Gasteiger partial charge in [-0.1, -0.05) is 6.92 Å². The average Bonchev–Trinajstić information content (AvgIpc) is 2.59. The highest BCUT2D eigenvalue weighted by Crippen LogP contribution is 2.26. The molecule has 0 aromatic rings. The number of carbonyl (C=O) groups excluding carboxylic acids is 1. The third-order valence-corrected chi connectivity index (χ3v) is 3.68. The number of rotatable bonds is 5. The number of hydrogen-bond donors (Lipinski definition) is 1. The van der Waals surface area contributed by atoms with Crippen molar-refractivity contribution in [2.75, 3.05) is 33.3 Å². The van der Waals surface area contributed by atoms with Crippen LogP contribution in [0.3, 0.4) is 0 Å². The van der Waals surface area contributed by atoms with Gasteiger partial charge in [-0.3, -0.25) is 10.1 Å². The maximum absolute atomic E-state index is 12.4. The molecule has 1 N–H and O–H groups in total. The number of nitrogens with one attached hydrogen (secondary N) is 1. The molecule has 20 heavy (non-hydrogen) atoms. The van der Waals surface area contributed by atoms with Crippen LogP contribution in [0.2, 0.25) is 0 Å². The number of hydrogen-bond acceptors (Lipinski definition) is 4. The van der Waals surface area contributed by atoms with E-state index in [0.717, 1.165) is 19.5 Å². The Bertz CT molecular complexity index is 323. The molecule has 0 aromatic carbocycles. The third-order valence-electron chi connectivity index (χ3n) is 3.68. The first kappa shape index (κ1) is 17.2. The summed E-state index contributed by atoms with van der Waals surface area (Å²) in [6, 6.07) is 0. The van der Waals surface area contributed by atoms with E-state index in [4.69, 9.17) is 4.74 Å². The molecule has 7 heteroatoms. The number of esters is 1. The first-order valence-electron chi connectivity index (χ1n) is 6.95. The highest BCUT2D eigenvalue weighted by Gasteiger charge is 2.43. The molecule has 1 fully saturated rings. The largest absolute Gasteiger partial charge is 0.468 e. The molecule has 1 atom stereocenters. The molecule has 1 aliphatic heterocycles. The molecular formula is C13H23F3N2O2. The van der Waals surface area contributed by atoms with Gasteiger partial charge in [0.05, 0.1) is 13.7 Å². The molecule has 0 radical (unpaired) electrons. The fourth-order valence-corrected chi connectivity index (χ4v) is 2.65. The smallest absolute Gasteiger partial charge is 0.401 e. The van der Waals surface area contributed by atoms with Crippen molar-refractivity contribution in [3.05, 3.63) is 0 Å². The molecule has 0 saturated carbocycles. The monoisotopic (exact) mass is 296 g/mol. The molecule has 1 rings (SSSR count). The highest BCUT2D eigenvalue weighted by atomic mass is 19.4. The van der Waals surface area contributed by atoms with Crippen molar-refractivity contribution in [1.82, 2.24) is 10.2 Å². The van der Waals surface area contributed by atoms with Gasteiger partial charge in [0.2, 0.25) is 0 Å². The summed E-state index contributed by atoms with van der Waals surface area (Å²) in [5.41, 5.74) is -1.22. The van der Waals surface area contributed by atoms with Crippen molar-refractivity contribution in [2.45, 2.75) is 44.3 Å². The van der Waals surface area contributed by atoms with Gasteiger partial charge in [-0.2, -0.15) is 13.2 Å². The van der Waals surface area contributed by atoms with Crippen LogP contribution in [0.4, 0.5) is 13.2 Å². The summed E-state index contributed by atoms with van der Waals surface area (Å²) in [6.45, 7) is 3.20. The maximum Gasteiger partial charge on any atom is 0.401 e. The Morgan fingerprint density at radius 3 is 2.60 bits per heavy atom. The fraction of sp³-hybridized carbons (Fsp3) is 0.923. The van der Waals surface area contributed by atoms with Crippen molar-refractivity contribution >= 4 is 5.97 Å². The van der Waals surface area contributed by atoms with Gasteiger partial charge in [0, 0.05) is 6.54 Å². The third kappa shape index (κ3) is 4.94. The van der Waals surface area contributed by atoms with Gasteiger partial charge < -0.3 is 9.64 Å². The summed E-state index contributed by atoms with van der Waals surface area (Å²) in [5, 5.41) is 2.40. The Balaban J connectivity index is 2.76. The van der Waals surface area contributed by atoms with Gasteiger partial charge in [0.15, 0.2) is 0 Å². The Hall–Kier alpha value is -0.820. The minimum atomic E-state index is -4.34. The first-order chi connectivity index (χ1) is 9.33. The molecule has 1 unspecified atom stereocenters. The zero-order valence-corrected chi connectivity index (χ0v) is 12.1. The summed E-state index contributed by atoms with van der Waals surface area (Å²) >= 11 is 0. The van der Waals surface area contributed by atoms with E-state index in [-0.39, 0.29) is 0 Å². The van der Waals surface area contributed by atoms with Gasteiger partial charge >= 0.3 is 12.1 Å². The van der Waals surface area contributed by atoms with Crippen LogP contribution in [0, 0.1) is 0 Å². The summed E-state index contributed by atoms with van der Waals surface area (Å²) in [7, 11) is 1.22.